The van der Waals surface area contributed by atoms with Gasteiger partial charge in [-0.25, -0.2) is 0 Å². The number of halogens is 1. The lowest BCUT2D eigenvalue weighted by atomic mass is 10.1. The molecule has 2 rings (SSSR count). The predicted molar refractivity (Wildman–Crippen MR) is 64.1 cm³/mol. The minimum atomic E-state index is -0.00452. The second-order valence-electron chi connectivity index (χ2n) is 3.52. The maximum Gasteiger partial charge on any atom is 0.239 e. The van der Waals surface area contributed by atoms with Crippen molar-refractivity contribution in [3.05, 3.63) is 28.2 Å². The minimum absolute atomic E-state index is 0.00452. The maximum atomic E-state index is 11.3. The molecule has 1 amide bonds. The highest BCUT2D eigenvalue weighted by Gasteiger charge is 2.19. The number of hydrogen-bond acceptors (Lipinski definition) is 3. The van der Waals surface area contributed by atoms with Gasteiger partial charge in [-0.2, -0.15) is 5.26 Å². The van der Waals surface area contributed by atoms with E-state index in [2.05, 4.69) is 27.3 Å². The Labute approximate surface area is 102 Å². The van der Waals surface area contributed by atoms with Gasteiger partial charge in [-0.15, -0.1) is 0 Å². The molecule has 0 spiro atoms. The van der Waals surface area contributed by atoms with Crippen molar-refractivity contribution in [2.75, 3.05) is 24.5 Å². The van der Waals surface area contributed by atoms with Gasteiger partial charge in [0, 0.05) is 17.6 Å². The molecule has 0 saturated carbocycles. The van der Waals surface area contributed by atoms with Gasteiger partial charge in [0.2, 0.25) is 5.91 Å². The van der Waals surface area contributed by atoms with Gasteiger partial charge in [-0.1, -0.05) is 6.07 Å². The minimum Gasteiger partial charge on any atom is -0.359 e. The summed E-state index contributed by atoms with van der Waals surface area (Å²) >= 11 is 3.34. The molecular formula is C11H10BrN3O. The molecule has 4 nitrogen and oxygen atoms in total. The van der Waals surface area contributed by atoms with Crippen LogP contribution in [0.1, 0.15) is 5.56 Å². The van der Waals surface area contributed by atoms with Crippen molar-refractivity contribution >= 4 is 27.5 Å². The number of nitrogens with one attached hydrogen (secondary N) is 1. The van der Waals surface area contributed by atoms with Crippen LogP contribution in [-0.4, -0.2) is 25.5 Å². The SMILES string of the molecule is N#Cc1c(Br)cccc1N1CCNC(=O)C1. The smallest absolute Gasteiger partial charge is 0.239 e. The predicted octanol–water partition coefficient (Wildman–Crippen LogP) is 1.26. The molecule has 0 atom stereocenters. The van der Waals surface area contributed by atoms with Crippen molar-refractivity contribution in [2.24, 2.45) is 0 Å². The zero-order valence-corrected chi connectivity index (χ0v) is 10.1. The van der Waals surface area contributed by atoms with E-state index in [1.165, 1.54) is 0 Å². The molecule has 1 aliphatic heterocycles. The topological polar surface area (TPSA) is 56.1 Å². The second-order valence-corrected chi connectivity index (χ2v) is 4.37. The molecule has 1 aromatic carbocycles. The van der Waals surface area contributed by atoms with Gasteiger partial charge < -0.3 is 10.2 Å². The van der Waals surface area contributed by atoms with Crippen LogP contribution in [0.5, 0.6) is 0 Å². The Morgan fingerprint density at radius 3 is 3.00 bits per heavy atom. The third-order valence-electron chi connectivity index (χ3n) is 2.48. The molecule has 16 heavy (non-hydrogen) atoms. The molecule has 0 radical (unpaired) electrons. The summed E-state index contributed by atoms with van der Waals surface area (Å²) in [6.07, 6.45) is 0. The Balaban J connectivity index is 2.36. The molecule has 0 bridgehead atoms. The Hall–Kier alpha value is -1.54. The van der Waals surface area contributed by atoms with Crippen LogP contribution in [0.2, 0.25) is 0 Å². The fraction of sp³-hybridized carbons (Fsp3) is 0.273. The van der Waals surface area contributed by atoms with Crippen LogP contribution in [0.15, 0.2) is 22.7 Å². The average Bonchev–Trinajstić information content (AvgIpc) is 2.28. The van der Waals surface area contributed by atoms with E-state index in [4.69, 9.17) is 5.26 Å². The van der Waals surface area contributed by atoms with Gasteiger partial charge in [-0.05, 0) is 28.1 Å². The van der Waals surface area contributed by atoms with Crippen LogP contribution < -0.4 is 10.2 Å². The third kappa shape index (κ3) is 2.02. The molecule has 0 aliphatic carbocycles. The van der Waals surface area contributed by atoms with Crippen molar-refractivity contribution in [3.63, 3.8) is 0 Å². The standard InChI is InChI=1S/C11H10BrN3O/c12-9-2-1-3-10(8(9)6-13)15-5-4-14-11(16)7-15/h1-3H,4-5,7H2,(H,14,16). The first-order valence-electron chi connectivity index (χ1n) is 4.92. The van der Waals surface area contributed by atoms with Crippen molar-refractivity contribution in [2.45, 2.75) is 0 Å². The van der Waals surface area contributed by atoms with E-state index in [1.54, 1.807) is 0 Å². The van der Waals surface area contributed by atoms with Crippen LogP contribution in [0.4, 0.5) is 5.69 Å². The lowest BCUT2D eigenvalue weighted by Crippen LogP contribution is -2.47. The Morgan fingerprint density at radius 2 is 2.31 bits per heavy atom. The molecule has 82 valence electrons. The molecule has 0 aromatic heterocycles. The molecule has 0 unspecified atom stereocenters. The first-order valence-corrected chi connectivity index (χ1v) is 5.72. The van der Waals surface area contributed by atoms with E-state index in [9.17, 15) is 4.79 Å². The van der Waals surface area contributed by atoms with E-state index in [0.29, 0.717) is 18.7 Å². The highest BCUT2D eigenvalue weighted by molar-refractivity contribution is 9.10. The van der Waals surface area contributed by atoms with Gasteiger partial charge in [0.25, 0.3) is 0 Å². The number of nitriles is 1. The lowest BCUT2D eigenvalue weighted by molar-refractivity contribution is -0.120. The fourth-order valence-corrected chi connectivity index (χ4v) is 2.18. The number of rotatable bonds is 1. The molecule has 1 fully saturated rings. The van der Waals surface area contributed by atoms with Crippen LogP contribution in [0.25, 0.3) is 0 Å². The monoisotopic (exact) mass is 279 g/mol. The summed E-state index contributed by atoms with van der Waals surface area (Å²) in [7, 11) is 0. The van der Waals surface area contributed by atoms with Crippen molar-refractivity contribution in [1.82, 2.24) is 5.32 Å². The van der Waals surface area contributed by atoms with E-state index in [1.807, 2.05) is 23.1 Å². The first-order chi connectivity index (χ1) is 7.72. The first kappa shape index (κ1) is 11.0. The molecule has 1 heterocycles. The van der Waals surface area contributed by atoms with Gasteiger partial charge in [0.05, 0.1) is 17.8 Å². The molecule has 1 saturated heterocycles. The highest BCUT2D eigenvalue weighted by atomic mass is 79.9. The summed E-state index contributed by atoms with van der Waals surface area (Å²) in [4.78, 5) is 13.2. The number of benzene rings is 1. The lowest BCUT2D eigenvalue weighted by Gasteiger charge is -2.29. The van der Waals surface area contributed by atoms with Crippen LogP contribution >= 0.6 is 15.9 Å². The largest absolute Gasteiger partial charge is 0.359 e. The normalized spacial score (nSPS) is 15.5. The Morgan fingerprint density at radius 1 is 1.50 bits per heavy atom. The number of hydrogen-bond donors (Lipinski definition) is 1. The summed E-state index contributed by atoms with van der Waals surface area (Å²) < 4.78 is 0.762. The quantitative estimate of drug-likeness (QED) is 0.842. The molecule has 1 N–H and O–H groups in total. The second kappa shape index (κ2) is 4.54. The highest BCUT2D eigenvalue weighted by Crippen LogP contribution is 2.27. The third-order valence-corrected chi connectivity index (χ3v) is 3.14. The summed E-state index contributed by atoms with van der Waals surface area (Å²) in [5, 5.41) is 11.8. The number of carbonyl (C=O) groups excluding carboxylic acids is 1. The fourth-order valence-electron chi connectivity index (χ4n) is 1.73. The van der Waals surface area contributed by atoms with E-state index < -0.39 is 0 Å². The van der Waals surface area contributed by atoms with Crippen molar-refractivity contribution in [3.8, 4) is 6.07 Å². The number of carbonyl (C=O) groups is 1. The number of nitrogens with zero attached hydrogens (tertiary/aromatic N) is 2. The van der Waals surface area contributed by atoms with Crippen molar-refractivity contribution in [1.29, 1.82) is 5.26 Å². The van der Waals surface area contributed by atoms with Crippen LogP contribution in [0, 0.1) is 11.3 Å². The van der Waals surface area contributed by atoms with Gasteiger partial charge in [0.15, 0.2) is 0 Å². The van der Waals surface area contributed by atoms with Crippen LogP contribution in [-0.2, 0) is 4.79 Å². The maximum absolute atomic E-state index is 11.3. The summed E-state index contributed by atoms with van der Waals surface area (Å²) in [6, 6.07) is 7.71. The Kier molecular flexibility index (Phi) is 3.11. The van der Waals surface area contributed by atoms with Crippen molar-refractivity contribution < 1.29 is 4.79 Å². The molecule has 5 heteroatoms. The molecule has 1 aromatic rings. The number of piperazine rings is 1. The zero-order chi connectivity index (χ0) is 11.5. The Bertz CT molecular complexity index is 467. The summed E-state index contributed by atoms with van der Waals surface area (Å²) in [6.45, 7) is 1.66. The van der Waals surface area contributed by atoms with Gasteiger partial charge in [0.1, 0.15) is 6.07 Å². The molecular weight excluding hydrogens is 270 g/mol. The number of anilines is 1. The summed E-state index contributed by atoms with van der Waals surface area (Å²) in [5.41, 5.74) is 1.39. The summed E-state index contributed by atoms with van der Waals surface area (Å²) in [5.74, 6) is -0.00452. The average molecular weight is 280 g/mol. The van der Waals surface area contributed by atoms with E-state index in [-0.39, 0.29) is 5.91 Å². The van der Waals surface area contributed by atoms with Gasteiger partial charge in [-0.3, -0.25) is 4.79 Å². The van der Waals surface area contributed by atoms with E-state index in [0.717, 1.165) is 16.7 Å². The molecule has 1 aliphatic rings. The van der Waals surface area contributed by atoms with Gasteiger partial charge >= 0.3 is 0 Å². The number of amides is 1. The van der Waals surface area contributed by atoms with Crippen LogP contribution in [0.3, 0.4) is 0 Å². The zero-order valence-electron chi connectivity index (χ0n) is 8.53. The van der Waals surface area contributed by atoms with E-state index >= 15 is 0 Å².